The second-order valence-electron chi connectivity index (χ2n) is 0.463. The monoisotopic (exact) mass is 72.0 g/mol. The first kappa shape index (κ1) is 4.14. The first-order valence-electron chi connectivity index (χ1n) is 0.986. The highest BCUT2D eigenvalue weighted by Gasteiger charge is 1.81. The van der Waals surface area contributed by atoms with Gasteiger partial charge in [-0.15, -0.1) is 0 Å². The van der Waals surface area contributed by atoms with Crippen LogP contribution < -0.4 is 0 Å². The van der Waals surface area contributed by atoms with Crippen LogP contribution in [0.3, 0.4) is 0 Å². The summed E-state index contributed by atoms with van der Waals surface area (Å²) in [5, 5.41) is 14.9. The number of carbonyl (C=O) groups is 1. The SMILES string of the molecule is N=CC([O])=O. The van der Waals surface area contributed by atoms with Crippen LogP contribution in [0, 0.1) is 5.41 Å². The van der Waals surface area contributed by atoms with Crippen molar-refractivity contribution >= 4 is 12.2 Å². The lowest BCUT2D eigenvalue weighted by atomic mass is 10.8. The molecule has 0 saturated heterocycles. The molecule has 0 spiro atoms. The summed E-state index contributed by atoms with van der Waals surface area (Å²) in [4.78, 5) is 9.01. The molecule has 0 amide bonds. The van der Waals surface area contributed by atoms with Gasteiger partial charge in [0.1, 0.15) is 6.21 Å². The molecule has 0 aromatic heterocycles. The zero-order valence-corrected chi connectivity index (χ0v) is 2.39. The molecule has 0 unspecified atom stereocenters. The zero-order valence-electron chi connectivity index (χ0n) is 2.39. The highest BCUT2D eigenvalue weighted by molar-refractivity contribution is 6.20. The van der Waals surface area contributed by atoms with E-state index < -0.39 is 5.97 Å². The Kier molecular flexibility index (Phi) is 1.21. The predicted octanol–water partition coefficient (Wildman–Crippen LogP) is -0.407. The molecule has 0 atom stereocenters. The summed E-state index contributed by atoms with van der Waals surface area (Å²) < 4.78 is 0. The molecule has 0 aliphatic carbocycles. The summed E-state index contributed by atoms with van der Waals surface area (Å²) >= 11 is 0. The molecule has 0 aliphatic heterocycles. The van der Waals surface area contributed by atoms with Gasteiger partial charge in [0.05, 0.1) is 0 Å². The van der Waals surface area contributed by atoms with Crippen molar-refractivity contribution in [1.29, 1.82) is 5.41 Å². The van der Waals surface area contributed by atoms with Crippen LogP contribution in [0.2, 0.25) is 0 Å². The molecule has 0 aliphatic rings. The molecule has 0 fully saturated rings. The summed E-state index contributed by atoms with van der Waals surface area (Å²) in [7, 11) is 0. The van der Waals surface area contributed by atoms with E-state index in [-0.39, 0.29) is 6.21 Å². The summed E-state index contributed by atoms with van der Waals surface area (Å²) in [6, 6.07) is 0. The normalized spacial score (nSPS) is 6.40. The van der Waals surface area contributed by atoms with Gasteiger partial charge in [0.25, 0.3) is 0 Å². The molecule has 3 nitrogen and oxygen atoms in total. The molecule has 0 aromatic carbocycles. The Morgan fingerprint density at radius 2 is 2.00 bits per heavy atom. The smallest absolute Gasteiger partial charge is 0.301 e. The third-order valence-electron chi connectivity index (χ3n) is 0.118. The molecular formula is C2H2NO2. The number of carbonyl (C=O) groups excluding carboxylic acids is 1. The Hall–Kier alpha value is -0.860. The van der Waals surface area contributed by atoms with Crippen molar-refractivity contribution in [2.45, 2.75) is 0 Å². The van der Waals surface area contributed by atoms with Crippen molar-refractivity contribution in [2.75, 3.05) is 0 Å². The lowest BCUT2D eigenvalue weighted by Gasteiger charge is -1.55. The summed E-state index contributed by atoms with van der Waals surface area (Å²) in [5.41, 5.74) is 0. The van der Waals surface area contributed by atoms with Gasteiger partial charge in [0.2, 0.25) is 0 Å². The fraction of sp³-hybridized carbons (Fsp3) is 0. The molecule has 0 bridgehead atoms. The third kappa shape index (κ3) is 3.14. The van der Waals surface area contributed by atoms with Gasteiger partial charge in [-0.2, -0.15) is 0 Å². The standard InChI is InChI=1S/C2H2NO2/c3-1-2(4)5/h1,3H. The third-order valence-corrected chi connectivity index (χ3v) is 0.118. The average molecular weight is 72.0 g/mol. The van der Waals surface area contributed by atoms with Gasteiger partial charge in [-0.05, 0) is 0 Å². The Morgan fingerprint density at radius 1 is 1.80 bits per heavy atom. The van der Waals surface area contributed by atoms with Gasteiger partial charge in [-0.25, -0.2) is 9.90 Å². The average Bonchev–Trinajstić information content (AvgIpc) is 1.38. The van der Waals surface area contributed by atoms with Gasteiger partial charge < -0.3 is 5.41 Å². The van der Waals surface area contributed by atoms with E-state index in [1.807, 2.05) is 0 Å². The molecule has 27 valence electrons. The van der Waals surface area contributed by atoms with E-state index >= 15 is 0 Å². The van der Waals surface area contributed by atoms with Crippen LogP contribution in [-0.2, 0) is 9.90 Å². The van der Waals surface area contributed by atoms with Gasteiger partial charge in [0.15, 0.2) is 0 Å². The van der Waals surface area contributed by atoms with Crippen LogP contribution in [0.5, 0.6) is 0 Å². The van der Waals surface area contributed by atoms with E-state index in [2.05, 4.69) is 0 Å². The molecule has 0 aromatic rings. The number of hydrogen-bond donors (Lipinski definition) is 1. The Labute approximate surface area is 28.7 Å². The van der Waals surface area contributed by atoms with Crippen LogP contribution in [0.25, 0.3) is 0 Å². The lowest BCUT2D eigenvalue weighted by molar-refractivity contribution is -0.134. The molecule has 0 saturated carbocycles. The van der Waals surface area contributed by atoms with E-state index in [1.165, 1.54) is 0 Å². The topological polar surface area (TPSA) is 60.8 Å². The number of rotatable bonds is 1. The maximum atomic E-state index is 9.01. The molecule has 5 heavy (non-hydrogen) atoms. The second kappa shape index (κ2) is 1.46. The van der Waals surface area contributed by atoms with E-state index in [1.54, 1.807) is 0 Å². The molecule has 0 rings (SSSR count). The molecular weight excluding hydrogens is 70.0 g/mol. The number of hydrogen-bond acceptors (Lipinski definition) is 2. The van der Waals surface area contributed by atoms with Crippen LogP contribution in [0.15, 0.2) is 0 Å². The highest BCUT2D eigenvalue weighted by atomic mass is 16.4. The largest absolute Gasteiger partial charge is 0.396 e. The van der Waals surface area contributed by atoms with Gasteiger partial charge in [-0.1, -0.05) is 0 Å². The van der Waals surface area contributed by atoms with E-state index in [4.69, 9.17) is 15.3 Å². The second-order valence-corrected chi connectivity index (χ2v) is 0.463. The van der Waals surface area contributed by atoms with Crippen LogP contribution in [0.4, 0.5) is 0 Å². The van der Waals surface area contributed by atoms with Crippen molar-refractivity contribution < 1.29 is 9.90 Å². The zero-order chi connectivity index (χ0) is 4.28. The fourth-order valence-corrected chi connectivity index (χ4v) is 0. The minimum Gasteiger partial charge on any atom is -0.301 e. The van der Waals surface area contributed by atoms with Crippen LogP contribution >= 0.6 is 0 Å². The summed E-state index contributed by atoms with van der Waals surface area (Å²) in [6.07, 6.45) is 0.222. The van der Waals surface area contributed by atoms with E-state index in [0.29, 0.717) is 0 Å². The Morgan fingerprint density at radius 3 is 2.00 bits per heavy atom. The highest BCUT2D eigenvalue weighted by Crippen LogP contribution is 1.43. The minimum absolute atomic E-state index is 0.222. The van der Waals surface area contributed by atoms with Crippen molar-refractivity contribution in [2.24, 2.45) is 0 Å². The van der Waals surface area contributed by atoms with Gasteiger partial charge in [-0.3, -0.25) is 0 Å². The lowest BCUT2D eigenvalue weighted by Crippen LogP contribution is -1.88. The Bertz CT molecular complexity index is 58.7. The fourth-order valence-electron chi connectivity index (χ4n) is 0. The van der Waals surface area contributed by atoms with Gasteiger partial charge in [0, 0.05) is 0 Å². The van der Waals surface area contributed by atoms with E-state index in [9.17, 15) is 0 Å². The predicted molar refractivity (Wildman–Crippen MR) is 14.5 cm³/mol. The van der Waals surface area contributed by atoms with E-state index in [0.717, 1.165) is 0 Å². The maximum absolute atomic E-state index is 9.01. The minimum atomic E-state index is -1.45. The summed E-state index contributed by atoms with van der Waals surface area (Å²) in [5.74, 6) is -1.45. The quantitative estimate of drug-likeness (QED) is 0.420. The van der Waals surface area contributed by atoms with Gasteiger partial charge >= 0.3 is 5.97 Å². The first-order valence-corrected chi connectivity index (χ1v) is 0.986. The summed E-state index contributed by atoms with van der Waals surface area (Å²) in [6.45, 7) is 0. The maximum Gasteiger partial charge on any atom is 0.396 e. The molecule has 0 heterocycles. The van der Waals surface area contributed by atoms with Crippen molar-refractivity contribution in [1.82, 2.24) is 0 Å². The van der Waals surface area contributed by atoms with Crippen molar-refractivity contribution in [3.63, 3.8) is 0 Å². The van der Waals surface area contributed by atoms with Crippen molar-refractivity contribution in [3.05, 3.63) is 0 Å². The molecule has 1 radical (unpaired) electrons. The molecule has 3 heteroatoms. The number of nitrogens with one attached hydrogen (secondary N) is 1. The first-order chi connectivity index (χ1) is 2.27. The van der Waals surface area contributed by atoms with Crippen molar-refractivity contribution in [3.8, 4) is 0 Å². The van der Waals surface area contributed by atoms with Crippen LogP contribution in [-0.4, -0.2) is 12.2 Å². The Balaban J connectivity index is 3.20. The van der Waals surface area contributed by atoms with Crippen LogP contribution in [0.1, 0.15) is 0 Å². The molecule has 1 N–H and O–H groups in total.